The van der Waals surface area contributed by atoms with Gasteiger partial charge >= 0.3 is 0 Å². The Morgan fingerprint density at radius 3 is 2.37 bits per heavy atom. The molecule has 6 rings (SSSR count). The van der Waals surface area contributed by atoms with Crippen molar-refractivity contribution >= 4 is 17.5 Å². The van der Waals surface area contributed by atoms with E-state index in [0.717, 1.165) is 37.3 Å². The van der Waals surface area contributed by atoms with Crippen LogP contribution in [0.5, 0.6) is 0 Å². The van der Waals surface area contributed by atoms with E-state index in [4.69, 9.17) is 11.6 Å². The second kappa shape index (κ2) is 7.41. The minimum absolute atomic E-state index is 0.167. The van der Waals surface area contributed by atoms with E-state index in [9.17, 15) is 4.79 Å². The van der Waals surface area contributed by atoms with Crippen LogP contribution in [0, 0.1) is 31.1 Å². The number of amides is 1. The highest BCUT2D eigenvalue weighted by Gasteiger charge is 2.60. The molecule has 0 radical (unpaired) electrons. The Bertz CT molecular complexity index is 949. The van der Waals surface area contributed by atoms with Crippen LogP contribution in [-0.4, -0.2) is 12.5 Å². The number of hydrogen-bond donors (Lipinski definition) is 1. The molecule has 2 atom stereocenters. The number of rotatable bonds is 5. The van der Waals surface area contributed by atoms with Crippen LogP contribution in [-0.2, 0) is 16.6 Å². The number of carbonyl (C=O) groups excluding carboxylic acids is 1. The topological polar surface area (TPSA) is 29.1 Å². The summed E-state index contributed by atoms with van der Waals surface area (Å²) in [6.07, 6.45) is 7.85. The first-order valence-corrected chi connectivity index (χ1v) is 11.9. The average molecular weight is 422 g/mol. The lowest BCUT2D eigenvalue weighted by Gasteiger charge is -2.61. The van der Waals surface area contributed by atoms with E-state index in [0.29, 0.717) is 17.7 Å². The van der Waals surface area contributed by atoms with Crippen molar-refractivity contribution in [2.24, 2.45) is 17.3 Å². The molecule has 158 valence electrons. The van der Waals surface area contributed by atoms with E-state index >= 15 is 0 Å². The normalized spacial score (nSPS) is 31.7. The van der Waals surface area contributed by atoms with Gasteiger partial charge in [0.15, 0.2) is 0 Å². The summed E-state index contributed by atoms with van der Waals surface area (Å²) in [6, 6.07) is 15.1. The minimum atomic E-state index is -0.174. The van der Waals surface area contributed by atoms with E-state index in [1.165, 1.54) is 41.5 Å². The van der Waals surface area contributed by atoms with E-state index in [1.54, 1.807) is 0 Å². The highest BCUT2D eigenvalue weighted by Crippen LogP contribution is 2.65. The smallest absolute Gasteiger partial charge is 0.226 e. The van der Waals surface area contributed by atoms with Crippen LogP contribution < -0.4 is 5.32 Å². The summed E-state index contributed by atoms with van der Waals surface area (Å²) in [4.78, 5) is 13.5. The monoisotopic (exact) mass is 421 g/mol. The second-order valence-electron chi connectivity index (χ2n) is 10.5. The molecule has 0 spiro atoms. The molecule has 4 aliphatic rings. The molecule has 0 aromatic heterocycles. The summed E-state index contributed by atoms with van der Waals surface area (Å²) in [6.45, 7) is 5.03. The quantitative estimate of drug-likeness (QED) is 0.615. The Morgan fingerprint density at radius 1 is 1.00 bits per heavy atom. The Balaban J connectivity index is 1.31. The maximum atomic E-state index is 13.5. The lowest BCUT2D eigenvalue weighted by Crippen LogP contribution is -2.59. The predicted molar refractivity (Wildman–Crippen MR) is 123 cm³/mol. The van der Waals surface area contributed by atoms with Gasteiger partial charge in [-0.2, -0.15) is 0 Å². The van der Waals surface area contributed by atoms with Gasteiger partial charge in [-0.1, -0.05) is 41.9 Å². The van der Waals surface area contributed by atoms with Crippen LogP contribution in [0.4, 0.5) is 0 Å². The number of aryl methyl sites for hydroxylation is 2. The van der Waals surface area contributed by atoms with E-state index < -0.39 is 0 Å². The summed E-state index contributed by atoms with van der Waals surface area (Å²) in [5.41, 5.74) is 5.34. The van der Waals surface area contributed by atoms with Crippen molar-refractivity contribution in [3.05, 3.63) is 69.7 Å². The maximum absolute atomic E-state index is 13.5. The van der Waals surface area contributed by atoms with Gasteiger partial charge in [0, 0.05) is 11.6 Å². The standard InChI is InChI=1S/C27H32ClNO/c1-18-3-4-20(11-19(18)2)9-10-29-25(30)27-15-21-12-22(16-27)14-26(13-21,17-27)23-5-7-24(28)8-6-23/h3-8,11,21-22H,9-10,12-17H2,1-2H3,(H,29,30). The third-order valence-corrected chi connectivity index (χ3v) is 8.52. The molecule has 4 aliphatic carbocycles. The molecular weight excluding hydrogens is 390 g/mol. The minimum Gasteiger partial charge on any atom is -0.355 e. The second-order valence-corrected chi connectivity index (χ2v) is 10.9. The average Bonchev–Trinajstić information content (AvgIpc) is 2.70. The van der Waals surface area contributed by atoms with Crippen molar-refractivity contribution in [3.8, 4) is 0 Å². The van der Waals surface area contributed by atoms with Crippen LogP contribution in [0.25, 0.3) is 0 Å². The highest BCUT2D eigenvalue weighted by atomic mass is 35.5. The Hall–Kier alpha value is -1.80. The van der Waals surface area contributed by atoms with Gasteiger partial charge in [0.1, 0.15) is 0 Å². The molecule has 1 amide bonds. The van der Waals surface area contributed by atoms with E-state index in [1.807, 2.05) is 12.1 Å². The lowest BCUT2D eigenvalue weighted by molar-refractivity contribution is -0.149. The van der Waals surface area contributed by atoms with Crippen LogP contribution in [0.1, 0.15) is 60.8 Å². The summed E-state index contributed by atoms with van der Waals surface area (Å²) < 4.78 is 0. The van der Waals surface area contributed by atoms with Crippen LogP contribution in [0.15, 0.2) is 42.5 Å². The number of carbonyl (C=O) groups is 1. The summed E-state index contributed by atoms with van der Waals surface area (Å²) in [5.74, 6) is 1.68. The number of hydrogen-bond acceptors (Lipinski definition) is 1. The van der Waals surface area contributed by atoms with Crippen LogP contribution in [0.3, 0.4) is 0 Å². The highest BCUT2D eigenvalue weighted by molar-refractivity contribution is 6.30. The molecule has 4 fully saturated rings. The zero-order chi connectivity index (χ0) is 20.9. The first-order valence-electron chi connectivity index (χ1n) is 11.5. The first-order chi connectivity index (χ1) is 14.4. The van der Waals surface area contributed by atoms with E-state index in [-0.39, 0.29) is 10.8 Å². The summed E-state index contributed by atoms with van der Waals surface area (Å²) in [7, 11) is 0. The van der Waals surface area contributed by atoms with Crippen molar-refractivity contribution in [2.75, 3.05) is 6.54 Å². The van der Waals surface area contributed by atoms with Crippen molar-refractivity contribution in [1.29, 1.82) is 0 Å². The molecule has 0 saturated heterocycles. The van der Waals surface area contributed by atoms with Gasteiger partial charge in [-0.25, -0.2) is 0 Å². The van der Waals surface area contributed by atoms with Crippen LogP contribution in [0.2, 0.25) is 5.02 Å². The maximum Gasteiger partial charge on any atom is 0.226 e. The fraction of sp³-hybridized carbons (Fsp3) is 0.519. The molecule has 2 aromatic carbocycles. The molecule has 2 aromatic rings. The molecule has 4 bridgehead atoms. The Labute approximate surface area is 185 Å². The Morgan fingerprint density at radius 2 is 1.70 bits per heavy atom. The van der Waals surface area contributed by atoms with Gasteiger partial charge < -0.3 is 5.32 Å². The zero-order valence-corrected chi connectivity index (χ0v) is 18.9. The van der Waals surface area contributed by atoms with Gasteiger partial charge in [0.05, 0.1) is 5.41 Å². The van der Waals surface area contributed by atoms with Gasteiger partial charge in [-0.3, -0.25) is 4.79 Å². The molecule has 3 heteroatoms. The van der Waals surface area contributed by atoms with Gasteiger partial charge in [0.25, 0.3) is 0 Å². The molecule has 1 N–H and O–H groups in total. The lowest BCUT2D eigenvalue weighted by atomic mass is 9.42. The zero-order valence-electron chi connectivity index (χ0n) is 18.1. The van der Waals surface area contributed by atoms with Crippen LogP contribution >= 0.6 is 11.6 Å². The fourth-order valence-electron chi connectivity index (χ4n) is 7.14. The number of nitrogens with one attached hydrogen (secondary N) is 1. The van der Waals surface area contributed by atoms with Gasteiger partial charge in [0.2, 0.25) is 5.91 Å². The first kappa shape index (κ1) is 20.1. The predicted octanol–water partition coefficient (Wildman–Crippen LogP) is 6.15. The Kier molecular flexibility index (Phi) is 4.97. The van der Waals surface area contributed by atoms with Gasteiger partial charge in [-0.15, -0.1) is 0 Å². The molecular formula is C27H32ClNO. The molecule has 0 heterocycles. The molecule has 30 heavy (non-hydrogen) atoms. The molecule has 2 unspecified atom stereocenters. The van der Waals surface area contributed by atoms with Crippen molar-refractivity contribution < 1.29 is 4.79 Å². The fourth-order valence-corrected chi connectivity index (χ4v) is 7.26. The third-order valence-electron chi connectivity index (χ3n) is 8.27. The number of halogens is 1. The number of benzene rings is 2. The van der Waals surface area contributed by atoms with Crippen molar-refractivity contribution in [3.63, 3.8) is 0 Å². The summed E-state index contributed by atoms with van der Waals surface area (Å²) in [5, 5.41) is 4.13. The molecule has 2 nitrogen and oxygen atoms in total. The van der Waals surface area contributed by atoms with E-state index in [2.05, 4.69) is 49.5 Å². The van der Waals surface area contributed by atoms with Gasteiger partial charge in [-0.05, 0) is 110 Å². The van der Waals surface area contributed by atoms with Crippen molar-refractivity contribution in [1.82, 2.24) is 5.32 Å². The summed E-state index contributed by atoms with van der Waals surface area (Å²) >= 11 is 6.16. The molecule has 4 saturated carbocycles. The SMILES string of the molecule is Cc1ccc(CCNC(=O)C23CC4CC(C2)CC(c2ccc(Cl)cc2)(C4)C3)cc1C. The van der Waals surface area contributed by atoms with Crippen molar-refractivity contribution in [2.45, 2.75) is 64.2 Å². The largest absolute Gasteiger partial charge is 0.355 e. The molecule has 0 aliphatic heterocycles. The third kappa shape index (κ3) is 3.47.